The number of hydrogen-bond acceptors (Lipinski definition) is 2. The van der Waals surface area contributed by atoms with Gasteiger partial charge in [0.15, 0.2) is 0 Å². The van der Waals surface area contributed by atoms with E-state index in [0.717, 1.165) is 16.9 Å². The van der Waals surface area contributed by atoms with Crippen LogP contribution in [0.5, 0.6) is 0 Å². The van der Waals surface area contributed by atoms with E-state index in [-0.39, 0.29) is 0 Å². The molecule has 76 valence electrons. The molecule has 2 aromatic rings. The van der Waals surface area contributed by atoms with E-state index in [1.54, 1.807) is 4.68 Å². The van der Waals surface area contributed by atoms with Crippen molar-refractivity contribution >= 4 is 17.8 Å². The van der Waals surface area contributed by atoms with Crippen LogP contribution in [0.3, 0.4) is 0 Å². The van der Waals surface area contributed by atoms with Crippen molar-refractivity contribution in [2.75, 3.05) is 5.73 Å². The normalized spacial score (nSPS) is 11.0. The van der Waals surface area contributed by atoms with Gasteiger partial charge >= 0.3 is 0 Å². The van der Waals surface area contributed by atoms with Crippen molar-refractivity contribution < 1.29 is 0 Å². The summed E-state index contributed by atoms with van der Waals surface area (Å²) in [5, 5.41) is 4.25. The number of nitrogen functional groups attached to an aromatic ring is 1. The second kappa shape index (κ2) is 4.00. The van der Waals surface area contributed by atoms with Crippen LogP contribution in [0, 0.1) is 0 Å². The van der Waals surface area contributed by atoms with Crippen LogP contribution in [-0.4, -0.2) is 9.78 Å². The maximum Gasteiger partial charge on any atom is 0.0850 e. The summed E-state index contributed by atoms with van der Waals surface area (Å²) in [7, 11) is 1.90. The van der Waals surface area contributed by atoms with Crippen molar-refractivity contribution in [3.8, 4) is 0 Å². The fourth-order valence-corrected chi connectivity index (χ4v) is 1.31. The van der Waals surface area contributed by atoms with Crippen molar-refractivity contribution in [1.82, 2.24) is 9.78 Å². The third-order valence-electron chi connectivity index (χ3n) is 2.12. The van der Waals surface area contributed by atoms with Crippen LogP contribution in [-0.2, 0) is 7.05 Å². The molecule has 1 aromatic heterocycles. The lowest BCUT2D eigenvalue weighted by Crippen LogP contribution is -1.86. The zero-order valence-electron chi connectivity index (χ0n) is 8.59. The summed E-state index contributed by atoms with van der Waals surface area (Å²) in [6, 6.07) is 9.70. The number of aromatic nitrogens is 2. The molecule has 2 rings (SSSR count). The first-order chi connectivity index (χ1) is 7.24. The van der Waals surface area contributed by atoms with Gasteiger partial charge in [-0.15, -0.1) is 0 Å². The summed E-state index contributed by atoms with van der Waals surface area (Å²) in [6.45, 7) is 0. The zero-order chi connectivity index (χ0) is 10.7. The highest BCUT2D eigenvalue weighted by Gasteiger charge is 1.91. The van der Waals surface area contributed by atoms with Crippen LogP contribution in [0.4, 0.5) is 5.69 Å². The maximum absolute atomic E-state index is 5.60. The fraction of sp³-hybridized carbons (Fsp3) is 0.0833. The molecule has 0 spiro atoms. The van der Waals surface area contributed by atoms with E-state index in [4.69, 9.17) is 5.73 Å². The number of rotatable bonds is 2. The minimum absolute atomic E-state index is 0.782. The van der Waals surface area contributed by atoms with Gasteiger partial charge < -0.3 is 5.73 Å². The van der Waals surface area contributed by atoms with E-state index in [1.807, 2.05) is 55.7 Å². The average molecular weight is 199 g/mol. The molecule has 0 saturated heterocycles. The molecule has 0 amide bonds. The summed E-state index contributed by atoms with van der Waals surface area (Å²) in [4.78, 5) is 0. The summed E-state index contributed by atoms with van der Waals surface area (Å²) in [6.07, 6.45) is 5.91. The first-order valence-corrected chi connectivity index (χ1v) is 4.77. The van der Waals surface area contributed by atoms with Crippen LogP contribution in [0.1, 0.15) is 11.3 Å². The number of nitrogens with zero attached hydrogens (tertiary/aromatic N) is 2. The average Bonchev–Trinajstić information content (AvgIpc) is 2.64. The molecule has 15 heavy (non-hydrogen) atoms. The molecule has 0 unspecified atom stereocenters. The lowest BCUT2D eigenvalue weighted by Gasteiger charge is -1.93. The Balaban J connectivity index is 2.14. The molecule has 1 heterocycles. The van der Waals surface area contributed by atoms with Crippen LogP contribution in [0.25, 0.3) is 12.2 Å². The minimum Gasteiger partial charge on any atom is -0.399 e. The number of nitrogens with two attached hydrogens (primary N) is 1. The van der Waals surface area contributed by atoms with Crippen LogP contribution >= 0.6 is 0 Å². The van der Waals surface area contributed by atoms with E-state index >= 15 is 0 Å². The van der Waals surface area contributed by atoms with Gasteiger partial charge in [0.05, 0.1) is 5.69 Å². The Hall–Kier alpha value is -2.03. The Kier molecular flexibility index (Phi) is 2.54. The number of anilines is 1. The Morgan fingerprint density at radius 2 is 1.87 bits per heavy atom. The second-order valence-electron chi connectivity index (χ2n) is 3.41. The van der Waals surface area contributed by atoms with Gasteiger partial charge in [0.25, 0.3) is 0 Å². The molecule has 2 N–H and O–H groups in total. The van der Waals surface area contributed by atoms with E-state index in [0.29, 0.717) is 0 Å². The third kappa shape index (κ3) is 2.47. The first kappa shape index (κ1) is 9.52. The van der Waals surface area contributed by atoms with Gasteiger partial charge in [-0.1, -0.05) is 18.2 Å². The predicted molar refractivity (Wildman–Crippen MR) is 63.0 cm³/mol. The first-order valence-electron chi connectivity index (χ1n) is 4.77. The quantitative estimate of drug-likeness (QED) is 0.753. The van der Waals surface area contributed by atoms with Crippen molar-refractivity contribution in [3.05, 3.63) is 47.8 Å². The van der Waals surface area contributed by atoms with Crippen molar-refractivity contribution in [1.29, 1.82) is 0 Å². The smallest absolute Gasteiger partial charge is 0.0850 e. The largest absolute Gasteiger partial charge is 0.399 e. The van der Waals surface area contributed by atoms with Gasteiger partial charge in [-0.05, 0) is 29.8 Å². The lowest BCUT2D eigenvalue weighted by atomic mass is 10.2. The summed E-state index contributed by atoms with van der Waals surface area (Å²) < 4.78 is 1.78. The molecule has 1 aromatic carbocycles. The maximum atomic E-state index is 5.60. The Morgan fingerprint density at radius 3 is 2.47 bits per heavy atom. The molecular weight excluding hydrogens is 186 g/mol. The predicted octanol–water partition coefficient (Wildman–Crippen LogP) is 2.17. The van der Waals surface area contributed by atoms with Gasteiger partial charge in [-0.2, -0.15) is 5.10 Å². The lowest BCUT2D eigenvalue weighted by molar-refractivity contribution is 0.765. The standard InChI is InChI=1S/C12H13N3/c1-15-9-8-12(14-15)7-4-10-2-5-11(13)6-3-10/h2-9H,13H2,1H3/b7-4-. The number of benzene rings is 1. The highest BCUT2D eigenvalue weighted by atomic mass is 15.2. The Morgan fingerprint density at radius 1 is 1.13 bits per heavy atom. The topological polar surface area (TPSA) is 43.8 Å². The van der Waals surface area contributed by atoms with Crippen molar-refractivity contribution in [2.24, 2.45) is 7.05 Å². The molecule has 0 aliphatic carbocycles. The van der Waals surface area contributed by atoms with Gasteiger partial charge in [-0.25, -0.2) is 0 Å². The van der Waals surface area contributed by atoms with Gasteiger partial charge in [0.1, 0.15) is 0 Å². The molecule has 3 heteroatoms. The summed E-state index contributed by atoms with van der Waals surface area (Å²) in [5.41, 5.74) is 8.45. The Labute approximate surface area is 88.8 Å². The highest BCUT2D eigenvalue weighted by molar-refractivity contribution is 5.68. The van der Waals surface area contributed by atoms with Gasteiger partial charge in [0.2, 0.25) is 0 Å². The molecule has 0 aliphatic heterocycles. The van der Waals surface area contributed by atoms with Crippen LogP contribution in [0.15, 0.2) is 36.5 Å². The molecule has 0 bridgehead atoms. The van der Waals surface area contributed by atoms with E-state index in [2.05, 4.69) is 5.10 Å². The number of aryl methyl sites for hydroxylation is 1. The highest BCUT2D eigenvalue weighted by Crippen LogP contribution is 2.09. The van der Waals surface area contributed by atoms with Gasteiger partial charge in [-0.3, -0.25) is 4.68 Å². The van der Waals surface area contributed by atoms with Crippen LogP contribution in [0.2, 0.25) is 0 Å². The second-order valence-corrected chi connectivity index (χ2v) is 3.41. The number of hydrogen-bond donors (Lipinski definition) is 1. The molecule has 0 fully saturated rings. The minimum atomic E-state index is 0.782. The Bertz CT molecular complexity index is 466. The molecule has 0 radical (unpaired) electrons. The monoisotopic (exact) mass is 199 g/mol. The van der Waals surface area contributed by atoms with E-state index in [1.165, 1.54) is 0 Å². The zero-order valence-corrected chi connectivity index (χ0v) is 8.59. The van der Waals surface area contributed by atoms with Crippen LogP contribution < -0.4 is 5.73 Å². The molecule has 3 nitrogen and oxygen atoms in total. The van der Waals surface area contributed by atoms with E-state index in [9.17, 15) is 0 Å². The molecule has 0 aliphatic rings. The fourth-order valence-electron chi connectivity index (χ4n) is 1.31. The summed E-state index contributed by atoms with van der Waals surface area (Å²) >= 11 is 0. The molecular formula is C12H13N3. The van der Waals surface area contributed by atoms with E-state index < -0.39 is 0 Å². The third-order valence-corrected chi connectivity index (χ3v) is 2.12. The molecule has 0 atom stereocenters. The van der Waals surface area contributed by atoms with Crippen molar-refractivity contribution in [2.45, 2.75) is 0 Å². The summed E-state index contributed by atoms with van der Waals surface area (Å²) in [5.74, 6) is 0. The van der Waals surface area contributed by atoms with Gasteiger partial charge in [0, 0.05) is 18.9 Å². The molecule has 0 saturated carbocycles. The SMILES string of the molecule is Cn1ccc(/C=C\c2ccc(N)cc2)n1. The van der Waals surface area contributed by atoms with Crippen molar-refractivity contribution in [3.63, 3.8) is 0 Å².